The second-order valence-electron chi connectivity index (χ2n) is 6.47. The van der Waals surface area contributed by atoms with Gasteiger partial charge in [-0.3, -0.25) is 9.59 Å². The Balaban J connectivity index is 1.74. The van der Waals surface area contributed by atoms with Crippen molar-refractivity contribution in [2.45, 2.75) is 5.75 Å². The number of fused-ring (bicyclic) bond motifs is 2. The van der Waals surface area contributed by atoms with Gasteiger partial charge in [-0.05, 0) is 17.7 Å². The molecule has 0 saturated carbocycles. The molecule has 4 N–H and O–H groups in total. The van der Waals surface area contributed by atoms with Crippen molar-refractivity contribution in [2.24, 2.45) is 0 Å². The average molecular weight is 409 g/mol. The summed E-state index contributed by atoms with van der Waals surface area (Å²) in [6.07, 6.45) is 0. The van der Waals surface area contributed by atoms with Crippen molar-refractivity contribution in [3.63, 3.8) is 0 Å². The van der Waals surface area contributed by atoms with Crippen LogP contribution in [0.4, 0.5) is 5.69 Å². The van der Waals surface area contributed by atoms with E-state index in [0.29, 0.717) is 11.3 Å². The van der Waals surface area contributed by atoms with E-state index >= 15 is 0 Å². The molecule has 8 heteroatoms. The number of phenols is 1. The van der Waals surface area contributed by atoms with E-state index in [9.17, 15) is 18.9 Å². The largest absolute Gasteiger partial charge is 0.507 e. The van der Waals surface area contributed by atoms with Gasteiger partial charge in [0.1, 0.15) is 11.5 Å². The number of hydrogen-bond donors (Lipinski definition) is 3. The van der Waals surface area contributed by atoms with Gasteiger partial charge in [0.2, 0.25) is 0 Å². The summed E-state index contributed by atoms with van der Waals surface area (Å²) in [4.78, 5) is 25.7. The fraction of sp³-hybridized carbons (Fsp3) is 0.0476. The molecular formula is C21H15NO6S. The van der Waals surface area contributed by atoms with E-state index in [1.54, 1.807) is 36.4 Å². The number of carbonyl (C=O) groups is 2. The normalized spacial score (nSPS) is 13.6. The molecular weight excluding hydrogens is 394 g/mol. The molecule has 0 radical (unpaired) electrons. The Hall–Kier alpha value is -3.49. The van der Waals surface area contributed by atoms with Crippen LogP contribution < -0.4 is 10.5 Å². The monoisotopic (exact) mass is 409 g/mol. The average Bonchev–Trinajstić information content (AvgIpc) is 2.69. The Morgan fingerprint density at radius 1 is 0.931 bits per heavy atom. The third-order valence-corrected chi connectivity index (χ3v) is 5.20. The molecule has 29 heavy (non-hydrogen) atoms. The minimum absolute atomic E-state index is 0.0158. The van der Waals surface area contributed by atoms with Crippen molar-refractivity contribution in [1.29, 1.82) is 0 Å². The van der Waals surface area contributed by atoms with Gasteiger partial charge < -0.3 is 20.1 Å². The first kappa shape index (κ1) is 18.9. The van der Waals surface area contributed by atoms with Crippen LogP contribution in [0.3, 0.4) is 0 Å². The Kier molecular flexibility index (Phi) is 4.65. The van der Waals surface area contributed by atoms with Crippen molar-refractivity contribution in [1.82, 2.24) is 0 Å². The summed E-state index contributed by atoms with van der Waals surface area (Å²) >= 11 is -1.96. The molecule has 0 heterocycles. The first-order valence-electron chi connectivity index (χ1n) is 8.55. The SMILES string of the molecule is Nc1c(Oc2ccc(CS(=O)O)cc2)cc(O)c2c1C(=O)c1ccccc1C2=O. The summed E-state index contributed by atoms with van der Waals surface area (Å²) in [5.74, 6) is -0.984. The number of carbonyl (C=O) groups excluding carboxylic acids is 2. The standard InChI is InChI=1S/C21H15NO6S/c22-19-16(28-12-7-5-11(6-8-12)10-29(26)27)9-15(23)17-18(19)21(25)14-4-2-1-3-13(14)20(17)24/h1-9,23H,10,22H2,(H,26,27). The molecule has 3 aromatic carbocycles. The van der Waals surface area contributed by atoms with Crippen molar-refractivity contribution < 1.29 is 28.2 Å². The third kappa shape index (κ3) is 3.28. The topological polar surface area (TPSA) is 127 Å². The minimum atomic E-state index is -1.96. The fourth-order valence-corrected chi connectivity index (χ4v) is 3.76. The second kappa shape index (κ2) is 7.16. The highest BCUT2D eigenvalue weighted by molar-refractivity contribution is 7.78. The van der Waals surface area contributed by atoms with Crippen molar-refractivity contribution in [3.05, 3.63) is 82.4 Å². The lowest BCUT2D eigenvalue weighted by Gasteiger charge is -2.21. The second-order valence-corrected chi connectivity index (χ2v) is 7.40. The van der Waals surface area contributed by atoms with Crippen LogP contribution in [0.25, 0.3) is 0 Å². The summed E-state index contributed by atoms with van der Waals surface area (Å²) in [5.41, 5.74) is 6.93. The Morgan fingerprint density at radius 2 is 1.52 bits per heavy atom. The van der Waals surface area contributed by atoms with E-state index in [2.05, 4.69) is 0 Å². The Labute approximate surface area is 168 Å². The number of benzene rings is 3. The number of aromatic hydroxyl groups is 1. The molecule has 0 spiro atoms. The maximum Gasteiger partial charge on any atom is 0.198 e. The van der Waals surface area contributed by atoms with E-state index in [1.807, 2.05) is 0 Å². The predicted molar refractivity (Wildman–Crippen MR) is 107 cm³/mol. The number of nitrogen functional groups attached to an aromatic ring is 1. The number of rotatable bonds is 4. The lowest BCUT2D eigenvalue weighted by molar-refractivity contribution is 0.0977. The van der Waals surface area contributed by atoms with Crippen LogP contribution >= 0.6 is 0 Å². The third-order valence-electron chi connectivity index (χ3n) is 4.62. The van der Waals surface area contributed by atoms with Crippen LogP contribution in [0.15, 0.2) is 54.6 Å². The summed E-state index contributed by atoms with van der Waals surface area (Å²) in [6.45, 7) is 0. The molecule has 146 valence electrons. The summed E-state index contributed by atoms with van der Waals surface area (Å²) in [5, 5.41) is 10.4. The summed E-state index contributed by atoms with van der Waals surface area (Å²) in [6, 6.07) is 13.9. The van der Waals surface area contributed by atoms with Crippen LogP contribution in [0.1, 0.15) is 37.4 Å². The Bertz CT molecular complexity index is 1190. The summed E-state index contributed by atoms with van der Waals surface area (Å²) in [7, 11) is 0. The van der Waals surface area contributed by atoms with Gasteiger partial charge in [0, 0.05) is 17.2 Å². The van der Waals surface area contributed by atoms with Gasteiger partial charge in [-0.25, -0.2) is 4.21 Å². The number of anilines is 1. The van der Waals surface area contributed by atoms with Crippen molar-refractivity contribution >= 4 is 28.3 Å². The highest BCUT2D eigenvalue weighted by Gasteiger charge is 2.35. The highest BCUT2D eigenvalue weighted by Crippen LogP contribution is 2.42. The zero-order valence-electron chi connectivity index (χ0n) is 14.9. The van der Waals surface area contributed by atoms with Crippen LogP contribution in [0.2, 0.25) is 0 Å². The van der Waals surface area contributed by atoms with Crippen molar-refractivity contribution in [3.8, 4) is 17.2 Å². The minimum Gasteiger partial charge on any atom is -0.507 e. The van der Waals surface area contributed by atoms with E-state index < -0.39 is 28.4 Å². The van der Waals surface area contributed by atoms with Crippen LogP contribution in [-0.4, -0.2) is 25.4 Å². The molecule has 1 unspecified atom stereocenters. The zero-order valence-corrected chi connectivity index (χ0v) is 15.7. The molecule has 1 aliphatic carbocycles. The molecule has 7 nitrogen and oxygen atoms in total. The quantitative estimate of drug-likeness (QED) is 0.268. The van der Waals surface area contributed by atoms with Crippen LogP contribution in [0.5, 0.6) is 17.2 Å². The lowest BCUT2D eigenvalue weighted by Crippen LogP contribution is -2.22. The molecule has 0 aliphatic heterocycles. The fourth-order valence-electron chi connectivity index (χ4n) is 3.28. The van der Waals surface area contributed by atoms with Gasteiger partial charge in [0.25, 0.3) is 0 Å². The highest BCUT2D eigenvalue weighted by atomic mass is 32.2. The summed E-state index contributed by atoms with van der Waals surface area (Å²) < 4.78 is 25.5. The lowest BCUT2D eigenvalue weighted by atomic mass is 9.82. The molecule has 0 fully saturated rings. The van der Waals surface area contributed by atoms with Crippen LogP contribution in [0, 0.1) is 0 Å². The van der Waals surface area contributed by atoms with Gasteiger partial charge in [-0.15, -0.1) is 0 Å². The number of hydrogen-bond acceptors (Lipinski definition) is 6. The molecule has 1 aliphatic rings. The molecule has 1 atom stereocenters. The number of phenolic OH excluding ortho intramolecular Hbond substituents is 1. The van der Waals surface area contributed by atoms with Gasteiger partial charge in [-0.1, -0.05) is 36.4 Å². The first-order valence-corrected chi connectivity index (χ1v) is 9.82. The molecule has 3 aromatic rings. The molecule has 0 amide bonds. The number of nitrogens with two attached hydrogens (primary N) is 1. The van der Waals surface area contributed by atoms with Gasteiger partial charge in [0.05, 0.1) is 22.6 Å². The molecule has 0 bridgehead atoms. The van der Waals surface area contributed by atoms with E-state index in [-0.39, 0.29) is 39.4 Å². The van der Waals surface area contributed by atoms with Gasteiger partial charge in [0.15, 0.2) is 28.4 Å². The molecule has 0 aromatic heterocycles. The maximum absolute atomic E-state index is 12.9. The zero-order chi connectivity index (χ0) is 20.7. The maximum atomic E-state index is 12.9. The molecule has 4 rings (SSSR count). The van der Waals surface area contributed by atoms with Gasteiger partial charge >= 0.3 is 0 Å². The van der Waals surface area contributed by atoms with Crippen molar-refractivity contribution in [2.75, 3.05) is 5.73 Å². The smallest absolute Gasteiger partial charge is 0.198 e. The van der Waals surface area contributed by atoms with E-state index in [4.69, 9.17) is 15.0 Å². The van der Waals surface area contributed by atoms with E-state index in [1.165, 1.54) is 18.2 Å². The molecule has 0 saturated heterocycles. The van der Waals surface area contributed by atoms with Gasteiger partial charge in [-0.2, -0.15) is 0 Å². The van der Waals surface area contributed by atoms with E-state index in [0.717, 1.165) is 0 Å². The number of ketones is 2. The first-order chi connectivity index (χ1) is 13.9. The van der Waals surface area contributed by atoms with Crippen LogP contribution in [-0.2, 0) is 16.8 Å². The Morgan fingerprint density at radius 3 is 2.10 bits per heavy atom. The number of ether oxygens (including phenoxy) is 1. The predicted octanol–water partition coefficient (Wildman–Crippen LogP) is 3.26.